The second-order valence-electron chi connectivity index (χ2n) is 21.0. The fraction of sp³-hybridized carbons (Fsp3) is 0.0263. The molecule has 13 aromatic rings. The molecule has 0 N–H and O–H groups in total. The van der Waals surface area contributed by atoms with E-state index in [0.717, 1.165) is 6.42 Å². The summed E-state index contributed by atoms with van der Waals surface area (Å²) >= 11 is 0. The molecule has 3 aliphatic rings. The lowest BCUT2D eigenvalue weighted by atomic mass is 9.74. The Hall–Kier alpha value is -9.62. The van der Waals surface area contributed by atoms with Crippen molar-refractivity contribution < 1.29 is 0 Å². The number of fused-ring (bicyclic) bond motifs is 9. The molecule has 0 spiro atoms. The smallest absolute Gasteiger partial charge is 0.00803 e. The molecule has 0 amide bonds. The molecular formula is C76H48. The first-order valence-corrected chi connectivity index (χ1v) is 26.7. The molecule has 0 saturated heterocycles. The maximum Gasteiger partial charge on any atom is 0.00803 e. The Labute approximate surface area is 442 Å². The standard InChI is InChI=1S/C76H48/c1-5-19-47(20-6-1)53-39-54(48-21-7-2-8-22-48)42-57(41-53)71-67-36-35-52(60-37-38-66-62-30-16-15-29-61(62)65-33-17-31-64(60)73(65)66)45-69(67)72(58-43-55(49-23-9-3-10-24-49)40-56(44-58)50-25-11-4-12-26-50)76-70-46-51-27-13-14-28-59(51)63-32-18-34-68(74(63)70)75(71)76/h1-41,43-46,57H,42H2. The maximum absolute atomic E-state index is 2.59. The van der Waals surface area contributed by atoms with E-state index in [2.05, 4.69) is 273 Å². The highest BCUT2D eigenvalue weighted by Crippen LogP contribution is 2.60. The normalized spacial score (nSPS) is 14.0. The highest BCUT2D eigenvalue weighted by atomic mass is 14.4. The molecule has 0 fully saturated rings. The van der Waals surface area contributed by atoms with Gasteiger partial charge in [0.05, 0.1) is 0 Å². The highest BCUT2D eigenvalue weighted by Gasteiger charge is 2.35. The van der Waals surface area contributed by atoms with Crippen LogP contribution in [0.2, 0.25) is 0 Å². The molecule has 0 nitrogen and oxygen atoms in total. The van der Waals surface area contributed by atoms with E-state index in [9.17, 15) is 0 Å². The van der Waals surface area contributed by atoms with Gasteiger partial charge < -0.3 is 0 Å². The number of hydrogen-bond donors (Lipinski definition) is 0. The Morgan fingerprint density at radius 2 is 0.803 bits per heavy atom. The van der Waals surface area contributed by atoms with Crippen LogP contribution in [0.1, 0.15) is 29.0 Å². The summed E-state index contributed by atoms with van der Waals surface area (Å²) in [5.74, 6) is 0.0522. The summed E-state index contributed by atoms with van der Waals surface area (Å²) in [5, 5.41) is 10.4. The van der Waals surface area contributed by atoms with Gasteiger partial charge in [0.25, 0.3) is 0 Å². The zero-order valence-corrected chi connectivity index (χ0v) is 41.8. The topological polar surface area (TPSA) is 0 Å². The predicted octanol–water partition coefficient (Wildman–Crippen LogP) is 20.9. The Kier molecular flexibility index (Phi) is 9.56. The lowest BCUT2D eigenvalue weighted by Gasteiger charge is -2.29. The third kappa shape index (κ3) is 6.57. The molecule has 0 heteroatoms. The van der Waals surface area contributed by atoms with Crippen LogP contribution in [-0.4, -0.2) is 0 Å². The van der Waals surface area contributed by atoms with Crippen molar-refractivity contribution in [1.29, 1.82) is 0 Å². The van der Waals surface area contributed by atoms with Crippen LogP contribution < -0.4 is 0 Å². The molecule has 0 radical (unpaired) electrons. The van der Waals surface area contributed by atoms with Crippen LogP contribution in [0, 0.1) is 0 Å². The van der Waals surface area contributed by atoms with Crippen LogP contribution >= 0.6 is 0 Å². The third-order valence-electron chi connectivity index (χ3n) is 16.8. The molecule has 0 aliphatic heterocycles. The Bertz CT molecular complexity index is 4530. The number of benzene rings is 13. The molecular weight excluding hydrogens is 913 g/mol. The van der Waals surface area contributed by atoms with E-state index in [-0.39, 0.29) is 5.92 Å². The number of hydrogen-bond acceptors (Lipinski definition) is 0. The van der Waals surface area contributed by atoms with Crippen molar-refractivity contribution in [3.63, 3.8) is 0 Å². The summed E-state index contributed by atoms with van der Waals surface area (Å²) in [7, 11) is 0. The zero-order chi connectivity index (χ0) is 49.8. The van der Waals surface area contributed by atoms with Crippen molar-refractivity contribution in [2.45, 2.75) is 12.3 Å². The van der Waals surface area contributed by atoms with Crippen LogP contribution in [0.4, 0.5) is 0 Å². The summed E-state index contributed by atoms with van der Waals surface area (Å²) in [4.78, 5) is 0. The summed E-state index contributed by atoms with van der Waals surface area (Å²) in [5.41, 5.74) is 26.8. The minimum absolute atomic E-state index is 0.0522. The van der Waals surface area contributed by atoms with E-state index < -0.39 is 0 Å². The zero-order valence-electron chi connectivity index (χ0n) is 41.8. The van der Waals surface area contributed by atoms with Crippen LogP contribution in [0.15, 0.2) is 273 Å². The Morgan fingerprint density at radius 1 is 0.263 bits per heavy atom. The van der Waals surface area contributed by atoms with Gasteiger partial charge in [0.15, 0.2) is 0 Å². The lowest BCUT2D eigenvalue weighted by molar-refractivity contribution is 0.882. The van der Waals surface area contributed by atoms with Crippen molar-refractivity contribution in [3.8, 4) is 89.0 Å². The molecule has 0 aromatic heterocycles. The van der Waals surface area contributed by atoms with Gasteiger partial charge in [0, 0.05) is 5.92 Å². The average molecular weight is 961 g/mol. The van der Waals surface area contributed by atoms with E-state index in [1.165, 1.54) is 160 Å². The van der Waals surface area contributed by atoms with Gasteiger partial charge in [0.1, 0.15) is 0 Å². The molecule has 0 bridgehead atoms. The fourth-order valence-electron chi connectivity index (χ4n) is 13.6. The molecule has 16 rings (SSSR count). The minimum atomic E-state index is 0.0522. The van der Waals surface area contributed by atoms with Crippen LogP contribution in [0.5, 0.6) is 0 Å². The van der Waals surface area contributed by atoms with Gasteiger partial charge in [-0.3, -0.25) is 0 Å². The summed E-state index contributed by atoms with van der Waals surface area (Å²) in [6.07, 6.45) is 5.91. The van der Waals surface area contributed by atoms with E-state index in [1.54, 1.807) is 0 Å². The molecule has 1 atom stereocenters. The SMILES string of the molecule is C1=C(c2ccccc2)C=C(c2ccccc2)CC1c1c2c(c(-c3cc(-c4ccccc4)cc(-c4ccccc4)c3)c3cc(-c4ccc5c6c(cccc46)-c4ccccc4-5)ccc13)-c1cc3ccccc3c3cccc-2c13. The van der Waals surface area contributed by atoms with Gasteiger partial charge in [-0.15, -0.1) is 0 Å². The quantitative estimate of drug-likeness (QED) is 0.140. The Balaban J connectivity index is 1.06. The molecule has 13 aromatic carbocycles. The van der Waals surface area contributed by atoms with Gasteiger partial charge in [0.2, 0.25) is 0 Å². The van der Waals surface area contributed by atoms with Crippen molar-refractivity contribution in [2.75, 3.05) is 0 Å². The molecule has 0 saturated carbocycles. The summed E-state index contributed by atoms with van der Waals surface area (Å²) < 4.78 is 0. The lowest BCUT2D eigenvalue weighted by Crippen LogP contribution is -2.07. The van der Waals surface area contributed by atoms with E-state index in [4.69, 9.17) is 0 Å². The van der Waals surface area contributed by atoms with Gasteiger partial charge in [-0.2, -0.15) is 0 Å². The van der Waals surface area contributed by atoms with Crippen LogP contribution in [-0.2, 0) is 0 Å². The van der Waals surface area contributed by atoms with E-state index >= 15 is 0 Å². The number of allylic oxidation sites excluding steroid dienone is 4. The van der Waals surface area contributed by atoms with Crippen molar-refractivity contribution >= 4 is 54.2 Å². The second kappa shape index (κ2) is 17.0. The first-order valence-electron chi connectivity index (χ1n) is 26.7. The number of rotatable bonds is 7. The van der Waals surface area contributed by atoms with Gasteiger partial charge in [-0.1, -0.05) is 243 Å². The van der Waals surface area contributed by atoms with E-state index in [0.29, 0.717) is 0 Å². The first-order chi connectivity index (χ1) is 37.7. The molecule has 3 aliphatic carbocycles. The van der Waals surface area contributed by atoms with Crippen molar-refractivity contribution in [2.24, 2.45) is 0 Å². The monoisotopic (exact) mass is 960 g/mol. The second-order valence-corrected chi connectivity index (χ2v) is 21.0. The first kappa shape index (κ1) is 42.8. The van der Waals surface area contributed by atoms with Crippen LogP contribution in [0.25, 0.3) is 143 Å². The van der Waals surface area contributed by atoms with E-state index in [1.807, 2.05) is 0 Å². The minimum Gasteiger partial charge on any atom is -0.0687 e. The summed E-state index contributed by atoms with van der Waals surface area (Å²) in [6, 6.07) is 98.0. The summed E-state index contributed by atoms with van der Waals surface area (Å²) in [6.45, 7) is 0. The predicted molar refractivity (Wildman–Crippen MR) is 323 cm³/mol. The third-order valence-corrected chi connectivity index (χ3v) is 16.8. The van der Waals surface area contributed by atoms with Crippen molar-refractivity contribution in [1.82, 2.24) is 0 Å². The molecule has 0 heterocycles. The molecule has 1 unspecified atom stereocenters. The van der Waals surface area contributed by atoms with Crippen molar-refractivity contribution in [3.05, 3.63) is 290 Å². The Morgan fingerprint density at radius 3 is 1.51 bits per heavy atom. The van der Waals surface area contributed by atoms with Gasteiger partial charge >= 0.3 is 0 Å². The highest BCUT2D eigenvalue weighted by molar-refractivity contribution is 6.29. The molecule has 352 valence electrons. The molecule has 76 heavy (non-hydrogen) atoms. The fourth-order valence-corrected chi connectivity index (χ4v) is 13.6. The van der Waals surface area contributed by atoms with Gasteiger partial charge in [-0.05, 0) is 197 Å². The van der Waals surface area contributed by atoms with Crippen LogP contribution in [0.3, 0.4) is 0 Å². The average Bonchev–Trinajstić information content (AvgIpc) is 4.01. The largest absolute Gasteiger partial charge is 0.0687 e. The maximum atomic E-state index is 2.59. The van der Waals surface area contributed by atoms with Gasteiger partial charge in [-0.25, -0.2) is 0 Å².